The molecular formula is C21H22Cl2FN3O5S2. The van der Waals surface area contributed by atoms with E-state index < -0.39 is 26.7 Å². The van der Waals surface area contributed by atoms with Crippen LogP contribution in [0.4, 0.5) is 4.39 Å². The first kappa shape index (κ1) is 26.6. The lowest BCUT2D eigenvalue weighted by Crippen LogP contribution is -2.28. The number of rotatable bonds is 11. The van der Waals surface area contributed by atoms with Gasteiger partial charge < -0.3 is 15.2 Å². The van der Waals surface area contributed by atoms with E-state index in [-0.39, 0.29) is 22.4 Å². The van der Waals surface area contributed by atoms with Crippen LogP contribution >= 0.6 is 35.0 Å². The number of amidine groups is 1. The van der Waals surface area contributed by atoms with E-state index in [0.717, 1.165) is 17.7 Å². The molecule has 0 saturated heterocycles. The number of ether oxygens (including phenoxy) is 1. The van der Waals surface area contributed by atoms with Crippen LogP contribution in [0.15, 0.2) is 40.2 Å². The first-order valence-electron chi connectivity index (χ1n) is 10.2. The summed E-state index contributed by atoms with van der Waals surface area (Å²) in [5, 5.41) is 12.3. The molecule has 1 aliphatic rings. The molecule has 3 N–H and O–H groups in total. The summed E-state index contributed by atoms with van der Waals surface area (Å²) in [7, 11) is -4.20. The van der Waals surface area contributed by atoms with Crippen LogP contribution in [0.3, 0.4) is 0 Å². The molecule has 0 aromatic heterocycles. The number of nitrogens with zero attached hydrogens (tertiary/aromatic N) is 1. The fourth-order valence-electron chi connectivity index (χ4n) is 3.05. The molecule has 34 heavy (non-hydrogen) atoms. The Hall–Kier alpha value is -2.05. The summed E-state index contributed by atoms with van der Waals surface area (Å²) in [5.41, 5.74) is 0.735. The molecule has 0 spiro atoms. The number of carboxylic acid groups (broad SMARTS) is 1. The van der Waals surface area contributed by atoms with Crippen molar-refractivity contribution in [1.29, 1.82) is 0 Å². The van der Waals surface area contributed by atoms with Crippen molar-refractivity contribution in [3.05, 3.63) is 51.8 Å². The topological polar surface area (TPSA) is 117 Å². The molecule has 0 unspecified atom stereocenters. The van der Waals surface area contributed by atoms with Gasteiger partial charge in [-0.3, -0.25) is 14.5 Å². The molecule has 0 saturated carbocycles. The lowest BCUT2D eigenvalue weighted by atomic mass is 10.1. The molecule has 8 nitrogen and oxygen atoms in total. The fraction of sp³-hybridized carbons (Fsp3) is 0.333. The summed E-state index contributed by atoms with van der Waals surface area (Å²) >= 11 is 13.6. The Labute approximate surface area is 210 Å². The summed E-state index contributed by atoms with van der Waals surface area (Å²) in [6.07, 6.45) is 1.25. The Kier molecular flexibility index (Phi) is 9.43. The van der Waals surface area contributed by atoms with Gasteiger partial charge in [-0.25, -0.2) is 12.8 Å². The lowest BCUT2D eigenvalue weighted by Gasteiger charge is -2.15. The molecule has 0 aliphatic carbocycles. The highest BCUT2D eigenvalue weighted by Crippen LogP contribution is 2.36. The molecule has 1 aliphatic heterocycles. The Bertz CT molecular complexity index is 1200. The molecule has 13 heteroatoms. The van der Waals surface area contributed by atoms with Crippen LogP contribution in [-0.4, -0.2) is 50.0 Å². The highest BCUT2D eigenvalue weighted by atomic mass is 35.5. The zero-order valence-corrected chi connectivity index (χ0v) is 21.0. The second kappa shape index (κ2) is 12.1. The van der Waals surface area contributed by atoms with Gasteiger partial charge in [-0.1, -0.05) is 35.0 Å². The van der Waals surface area contributed by atoms with Crippen molar-refractivity contribution in [3.63, 3.8) is 0 Å². The SMILES string of the molecule is O=C(O)CCNCCCc1cc(Cl)ccc1Oc1cc(F)c(S(=O)(=O)NC2=NCCS2)cc1Cl. The van der Waals surface area contributed by atoms with Crippen LogP contribution in [0.2, 0.25) is 10.0 Å². The van der Waals surface area contributed by atoms with E-state index in [4.69, 9.17) is 33.0 Å². The number of carbonyl (C=O) groups is 1. The third kappa shape index (κ3) is 7.47. The molecule has 0 radical (unpaired) electrons. The Morgan fingerprint density at radius 1 is 1.21 bits per heavy atom. The summed E-state index contributed by atoms with van der Waals surface area (Å²) in [6.45, 7) is 1.43. The predicted molar refractivity (Wildman–Crippen MR) is 131 cm³/mol. The molecule has 0 bridgehead atoms. The summed E-state index contributed by atoms with van der Waals surface area (Å²) in [4.78, 5) is 14.0. The maximum absolute atomic E-state index is 14.8. The highest BCUT2D eigenvalue weighted by molar-refractivity contribution is 8.15. The molecule has 0 amide bonds. The second-order valence-electron chi connectivity index (χ2n) is 7.21. The van der Waals surface area contributed by atoms with E-state index >= 15 is 0 Å². The van der Waals surface area contributed by atoms with Crippen molar-refractivity contribution < 1.29 is 27.4 Å². The highest BCUT2D eigenvalue weighted by Gasteiger charge is 2.25. The quantitative estimate of drug-likeness (QED) is 0.357. The number of halogens is 3. The van der Waals surface area contributed by atoms with Gasteiger partial charge in [0.25, 0.3) is 10.0 Å². The van der Waals surface area contributed by atoms with Gasteiger partial charge >= 0.3 is 5.97 Å². The number of thioether (sulfide) groups is 1. The Morgan fingerprint density at radius 3 is 2.71 bits per heavy atom. The molecule has 0 atom stereocenters. The largest absolute Gasteiger partial charge is 0.481 e. The van der Waals surface area contributed by atoms with E-state index in [2.05, 4.69) is 15.0 Å². The summed E-state index contributed by atoms with van der Waals surface area (Å²) < 4.78 is 48.0. The number of sulfonamides is 1. The zero-order chi connectivity index (χ0) is 24.7. The molecular weight excluding hydrogens is 528 g/mol. The number of benzene rings is 2. The van der Waals surface area contributed by atoms with Crippen molar-refractivity contribution in [1.82, 2.24) is 10.0 Å². The number of nitrogens with one attached hydrogen (secondary N) is 2. The fourth-order valence-corrected chi connectivity index (χ4v) is 5.62. The van der Waals surface area contributed by atoms with Gasteiger partial charge in [-0.15, -0.1) is 0 Å². The van der Waals surface area contributed by atoms with Crippen LogP contribution in [0.1, 0.15) is 18.4 Å². The molecule has 1 heterocycles. The van der Waals surface area contributed by atoms with Gasteiger partial charge in [0.1, 0.15) is 22.2 Å². The van der Waals surface area contributed by atoms with Crippen LogP contribution in [0.25, 0.3) is 0 Å². The third-order valence-corrected chi connectivity index (χ3v) is 7.55. The predicted octanol–water partition coefficient (Wildman–Crippen LogP) is 4.30. The summed E-state index contributed by atoms with van der Waals surface area (Å²) in [6, 6.07) is 6.86. The van der Waals surface area contributed by atoms with Gasteiger partial charge in [0.2, 0.25) is 0 Å². The van der Waals surface area contributed by atoms with Crippen LogP contribution in [0, 0.1) is 5.82 Å². The monoisotopic (exact) mass is 549 g/mol. The maximum atomic E-state index is 14.8. The van der Waals surface area contributed by atoms with Gasteiger partial charge in [-0.05, 0) is 49.2 Å². The third-order valence-electron chi connectivity index (χ3n) is 4.64. The van der Waals surface area contributed by atoms with Crippen LogP contribution in [-0.2, 0) is 21.2 Å². The maximum Gasteiger partial charge on any atom is 0.304 e. The number of aliphatic carboxylic acids is 1. The zero-order valence-electron chi connectivity index (χ0n) is 17.8. The van der Waals surface area contributed by atoms with Gasteiger partial charge in [0.15, 0.2) is 5.17 Å². The molecule has 2 aromatic carbocycles. The van der Waals surface area contributed by atoms with Crippen LogP contribution < -0.4 is 14.8 Å². The minimum Gasteiger partial charge on any atom is -0.481 e. The average molecular weight is 550 g/mol. The first-order chi connectivity index (χ1) is 16.2. The van der Waals surface area contributed by atoms with Gasteiger partial charge in [-0.2, -0.15) is 0 Å². The molecule has 184 valence electrons. The number of hydrogen-bond donors (Lipinski definition) is 3. The van der Waals surface area contributed by atoms with Crippen molar-refractivity contribution >= 4 is 56.1 Å². The van der Waals surface area contributed by atoms with Gasteiger partial charge in [0.05, 0.1) is 18.0 Å². The van der Waals surface area contributed by atoms with Crippen molar-refractivity contribution in [3.8, 4) is 11.5 Å². The van der Waals surface area contributed by atoms with Gasteiger partial charge in [0, 0.05) is 23.4 Å². The van der Waals surface area contributed by atoms with E-state index in [1.165, 1.54) is 11.8 Å². The summed E-state index contributed by atoms with van der Waals surface area (Å²) in [5.74, 6) is -0.900. The van der Waals surface area contributed by atoms with E-state index in [1.807, 2.05) is 0 Å². The number of hydrogen-bond acceptors (Lipinski definition) is 7. The molecule has 3 rings (SSSR count). The van der Waals surface area contributed by atoms with E-state index in [0.29, 0.717) is 49.0 Å². The number of aliphatic imine (C=N–C) groups is 1. The van der Waals surface area contributed by atoms with Crippen LogP contribution in [0.5, 0.6) is 11.5 Å². The van der Waals surface area contributed by atoms with Crippen molar-refractivity contribution in [2.45, 2.75) is 24.2 Å². The number of aryl methyl sites for hydroxylation is 1. The van der Waals surface area contributed by atoms with Crippen molar-refractivity contribution in [2.24, 2.45) is 4.99 Å². The Morgan fingerprint density at radius 2 is 2.00 bits per heavy atom. The number of carboxylic acids is 1. The Balaban J connectivity index is 1.72. The normalized spacial score (nSPS) is 13.6. The van der Waals surface area contributed by atoms with Crippen molar-refractivity contribution in [2.75, 3.05) is 25.4 Å². The van der Waals surface area contributed by atoms with E-state index in [1.54, 1.807) is 18.2 Å². The average Bonchev–Trinajstić information content (AvgIpc) is 3.26. The second-order valence-corrected chi connectivity index (χ2v) is 10.8. The first-order valence-corrected chi connectivity index (χ1v) is 13.5. The lowest BCUT2D eigenvalue weighted by molar-refractivity contribution is -0.136. The van der Waals surface area contributed by atoms with E-state index in [9.17, 15) is 17.6 Å². The molecule has 2 aromatic rings. The minimum absolute atomic E-state index is 0.0315. The minimum atomic E-state index is -4.20. The smallest absolute Gasteiger partial charge is 0.304 e. The molecule has 0 fully saturated rings. The standard InChI is InChI=1S/C21H22Cl2FN3O5S2/c22-14-3-4-17(13(10-14)2-1-6-25-7-5-20(28)29)32-18-12-16(24)19(11-15(18)23)34(30,31)27-21-26-8-9-33-21/h3-4,10-12,25H,1-2,5-9H2,(H,26,27)(H,28,29).